The van der Waals surface area contributed by atoms with Gasteiger partial charge in [-0.05, 0) is 30.5 Å². The molecule has 1 aromatic carbocycles. The van der Waals surface area contributed by atoms with Crippen molar-refractivity contribution in [1.82, 2.24) is 0 Å². The van der Waals surface area contributed by atoms with Crippen LogP contribution in [0.25, 0.3) is 0 Å². The van der Waals surface area contributed by atoms with Crippen molar-refractivity contribution in [2.45, 2.75) is 26.8 Å². The maximum Gasteiger partial charge on any atom is 0.0375 e. The number of halogens is 1. The summed E-state index contributed by atoms with van der Waals surface area (Å²) in [5.74, 6) is 0.664. The minimum absolute atomic E-state index is 0.0684. The summed E-state index contributed by atoms with van der Waals surface area (Å²) in [5, 5.41) is 0. The van der Waals surface area contributed by atoms with Gasteiger partial charge in [0.25, 0.3) is 0 Å². The van der Waals surface area contributed by atoms with E-state index >= 15 is 0 Å². The van der Waals surface area contributed by atoms with E-state index in [9.17, 15) is 0 Å². The zero-order valence-electron chi connectivity index (χ0n) is 10.5. The number of hydrogen-bond acceptors (Lipinski definition) is 2. The van der Waals surface area contributed by atoms with Crippen molar-refractivity contribution in [1.29, 1.82) is 0 Å². The number of hydrogen-bond donors (Lipinski definition) is 1. The molecule has 2 nitrogen and oxygen atoms in total. The predicted octanol–water partition coefficient (Wildman–Crippen LogP) is 3.56. The van der Waals surface area contributed by atoms with Gasteiger partial charge < -0.3 is 10.6 Å². The summed E-state index contributed by atoms with van der Waals surface area (Å²) in [5.41, 5.74) is 8.26. The molecule has 0 radical (unpaired) electrons. The molecule has 1 atom stereocenters. The fourth-order valence-corrected chi connectivity index (χ4v) is 2.50. The second kappa shape index (κ2) is 5.69. The van der Waals surface area contributed by atoms with Gasteiger partial charge in [-0.25, -0.2) is 0 Å². The third kappa shape index (κ3) is 3.49. The second-order valence-electron chi connectivity index (χ2n) is 4.77. The maximum atomic E-state index is 5.88. The van der Waals surface area contributed by atoms with E-state index in [1.165, 1.54) is 5.69 Å². The van der Waals surface area contributed by atoms with Crippen LogP contribution in [0.5, 0.6) is 0 Å². The van der Waals surface area contributed by atoms with Gasteiger partial charge in [0, 0.05) is 29.8 Å². The van der Waals surface area contributed by atoms with Crippen LogP contribution in [-0.4, -0.2) is 13.6 Å². The molecule has 3 heteroatoms. The molecule has 0 fully saturated rings. The van der Waals surface area contributed by atoms with Crippen LogP contribution in [-0.2, 0) is 0 Å². The van der Waals surface area contributed by atoms with Crippen LogP contribution in [0, 0.1) is 5.92 Å². The van der Waals surface area contributed by atoms with Crippen molar-refractivity contribution in [3.05, 3.63) is 28.2 Å². The monoisotopic (exact) mass is 284 g/mol. The summed E-state index contributed by atoms with van der Waals surface area (Å²) in [4.78, 5) is 2.26. The second-order valence-corrected chi connectivity index (χ2v) is 5.62. The fraction of sp³-hybridized carbons (Fsp3) is 0.538. The van der Waals surface area contributed by atoms with Crippen LogP contribution < -0.4 is 10.6 Å². The summed E-state index contributed by atoms with van der Waals surface area (Å²) in [6.45, 7) is 7.51. The molecule has 0 heterocycles. The van der Waals surface area contributed by atoms with Gasteiger partial charge in [-0.15, -0.1) is 0 Å². The van der Waals surface area contributed by atoms with Crippen molar-refractivity contribution in [3.63, 3.8) is 0 Å². The standard InChI is InChI=1S/C13H21BrN2/c1-9(2)8-16(4)11-5-6-12(10(3)15)13(14)7-11/h5-7,9-10H,8,15H2,1-4H3/t10-/m0/s1. The van der Waals surface area contributed by atoms with E-state index in [0.717, 1.165) is 16.6 Å². The Labute approximate surface area is 107 Å². The Morgan fingerprint density at radius 3 is 2.38 bits per heavy atom. The molecule has 0 amide bonds. The van der Waals surface area contributed by atoms with Crippen molar-refractivity contribution in [2.24, 2.45) is 11.7 Å². The SMILES string of the molecule is CC(C)CN(C)c1ccc([C@H](C)N)c(Br)c1. The molecular weight excluding hydrogens is 264 g/mol. The lowest BCUT2D eigenvalue weighted by molar-refractivity contribution is 0.638. The van der Waals surface area contributed by atoms with E-state index in [2.05, 4.69) is 59.9 Å². The molecule has 0 unspecified atom stereocenters. The van der Waals surface area contributed by atoms with Gasteiger partial charge in [0.15, 0.2) is 0 Å². The summed E-state index contributed by atoms with van der Waals surface area (Å²) in [6.07, 6.45) is 0. The topological polar surface area (TPSA) is 29.3 Å². The summed E-state index contributed by atoms with van der Waals surface area (Å²) in [7, 11) is 2.12. The van der Waals surface area contributed by atoms with Gasteiger partial charge >= 0.3 is 0 Å². The highest BCUT2D eigenvalue weighted by Gasteiger charge is 2.08. The highest BCUT2D eigenvalue weighted by Crippen LogP contribution is 2.27. The van der Waals surface area contributed by atoms with Crippen LogP contribution in [0.15, 0.2) is 22.7 Å². The Hall–Kier alpha value is -0.540. The zero-order chi connectivity index (χ0) is 12.3. The molecule has 0 aromatic heterocycles. The quantitative estimate of drug-likeness (QED) is 0.916. The highest BCUT2D eigenvalue weighted by atomic mass is 79.9. The molecule has 90 valence electrons. The minimum Gasteiger partial charge on any atom is -0.374 e. The molecule has 16 heavy (non-hydrogen) atoms. The minimum atomic E-state index is 0.0684. The van der Waals surface area contributed by atoms with Crippen LogP contribution in [0.1, 0.15) is 32.4 Å². The molecule has 0 bridgehead atoms. The Morgan fingerprint density at radius 2 is 1.94 bits per heavy atom. The van der Waals surface area contributed by atoms with Crippen LogP contribution >= 0.6 is 15.9 Å². The van der Waals surface area contributed by atoms with E-state index in [1.807, 2.05) is 6.92 Å². The fourth-order valence-electron chi connectivity index (χ4n) is 1.78. The van der Waals surface area contributed by atoms with Gasteiger partial charge in [-0.2, -0.15) is 0 Å². The number of anilines is 1. The van der Waals surface area contributed by atoms with Gasteiger partial charge in [-0.3, -0.25) is 0 Å². The molecule has 1 rings (SSSR count). The summed E-state index contributed by atoms with van der Waals surface area (Å²) < 4.78 is 1.09. The lowest BCUT2D eigenvalue weighted by Crippen LogP contribution is -2.22. The summed E-state index contributed by atoms with van der Waals surface area (Å²) in [6, 6.07) is 6.44. The molecular formula is C13H21BrN2. The molecule has 0 saturated heterocycles. The van der Waals surface area contributed by atoms with E-state index in [4.69, 9.17) is 5.73 Å². The van der Waals surface area contributed by atoms with Crippen molar-refractivity contribution < 1.29 is 0 Å². The van der Waals surface area contributed by atoms with E-state index in [1.54, 1.807) is 0 Å². The number of nitrogens with zero attached hydrogens (tertiary/aromatic N) is 1. The van der Waals surface area contributed by atoms with Crippen molar-refractivity contribution >= 4 is 21.6 Å². The van der Waals surface area contributed by atoms with Gasteiger partial charge in [-0.1, -0.05) is 35.8 Å². The lowest BCUT2D eigenvalue weighted by Gasteiger charge is -2.22. The molecule has 1 aromatic rings. The molecule has 0 aliphatic heterocycles. The maximum absolute atomic E-state index is 5.88. The number of benzene rings is 1. The number of nitrogens with two attached hydrogens (primary N) is 1. The Kier molecular flexibility index (Phi) is 4.81. The van der Waals surface area contributed by atoms with Gasteiger partial charge in [0.1, 0.15) is 0 Å². The highest BCUT2D eigenvalue weighted by molar-refractivity contribution is 9.10. The largest absolute Gasteiger partial charge is 0.374 e. The molecule has 0 aliphatic rings. The number of rotatable bonds is 4. The average molecular weight is 285 g/mol. The van der Waals surface area contributed by atoms with E-state index in [-0.39, 0.29) is 6.04 Å². The molecule has 2 N–H and O–H groups in total. The van der Waals surface area contributed by atoms with E-state index < -0.39 is 0 Å². The van der Waals surface area contributed by atoms with Crippen LogP contribution in [0.4, 0.5) is 5.69 Å². The first-order chi connectivity index (χ1) is 7.41. The Bertz CT molecular complexity index is 348. The first-order valence-corrected chi connectivity index (χ1v) is 6.47. The first-order valence-electron chi connectivity index (χ1n) is 5.68. The van der Waals surface area contributed by atoms with Gasteiger partial charge in [0.2, 0.25) is 0 Å². The van der Waals surface area contributed by atoms with Crippen LogP contribution in [0.3, 0.4) is 0 Å². The first kappa shape index (κ1) is 13.5. The average Bonchev–Trinajstić information content (AvgIpc) is 2.15. The third-order valence-corrected chi connectivity index (χ3v) is 3.24. The van der Waals surface area contributed by atoms with Crippen LogP contribution in [0.2, 0.25) is 0 Å². The smallest absolute Gasteiger partial charge is 0.0375 e. The Morgan fingerprint density at radius 1 is 1.31 bits per heavy atom. The van der Waals surface area contributed by atoms with Crippen molar-refractivity contribution in [3.8, 4) is 0 Å². The van der Waals surface area contributed by atoms with Gasteiger partial charge in [0.05, 0.1) is 0 Å². The third-order valence-electron chi connectivity index (χ3n) is 2.55. The van der Waals surface area contributed by atoms with Crippen molar-refractivity contribution in [2.75, 3.05) is 18.5 Å². The predicted molar refractivity (Wildman–Crippen MR) is 74.9 cm³/mol. The molecule has 0 spiro atoms. The lowest BCUT2D eigenvalue weighted by atomic mass is 10.1. The normalized spacial score (nSPS) is 12.9. The molecule has 0 aliphatic carbocycles. The summed E-state index contributed by atoms with van der Waals surface area (Å²) >= 11 is 3.58. The molecule has 0 saturated carbocycles. The Balaban J connectivity index is 2.88. The van der Waals surface area contributed by atoms with E-state index in [0.29, 0.717) is 5.92 Å². The zero-order valence-corrected chi connectivity index (χ0v) is 12.1.